The van der Waals surface area contributed by atoms with E-state index in [0.717, 1.165) is 16.7 Å². The lowest BCUT2D eigenvalue weighted by Gasteiger charge is -2.09. The van der Waals surface area contributed by atoms with Crippen LogP contribution in [-0.4, -0.2) is 19.2 Å². The summed E-state index contributed by atoms with van der Waals surface area (Å²) in [6.07, 6.45) is 3.24. The van der Waals surface area contributed by atoms with Gasteiger partial charge in [-0.2, -0.15) is 0 Å². The van der Waals surface area contributed by atoms with Crippen LogP contribution in [0.2, 0.25) is 0 Å². The number of nitrogens with zero attached hydrogens (tertiary/aromatic N) is 1. The fourth-order valence-corrected chi connectivity index (χ4v) is 3.05. The van der Waals surface area contributed by atoms with Crippen molar-refractivity contribution in [3.05, 3.63) is 64.7 Å². The number of aliphatic imine (C=N–C) groups is 1. The number of benzene rings is 1. The molecule has 0 unspecified atom stereocenters. The van der Waals surface area contributed by atoms with E-state index in [0.29, 0.717) is 17.1 Å². The Labute approximate surface area is 146 Å². The molecule has 3 N–H and O–H groups in total. The molecule has 0 radical (unpaired) electrons. The van der Waals surface area contributed by atoms with Crippen LogP contribution in [0.15, 0.2) is 53.0 Å². The molecule has 0 atom stereocenters. The third kappa shape index (κ3) is 4.00. The third-order valence-electron chi connectivity index (χ3n) is 3.76. The van der Waals surface area contributed by atoms with E-state index in [1.807, 2.05) is 11.4 Å². The number of aryl methyl sites for hydroxylation is 2. The van der Waals surface area contributed by atoms with Crippen LogP contribution in [0.3, 0.4) is 0 Å². The van der Waals surface area contributed by atoms with Crippen molar-refractivity contribution in [2.45, 2.75) is 13.8 Å². The number of amides is 1. The maximum Gasteiger partial charge on any atom is 0.255 e. The number of thiophene rings is 1. The molecule has 2 rings (SSSR count). The summed E-state index contributed by atoms with van der Waals surface area (Å²) in [7, 11) is 0. The number of nitrogen functional groups attached to an aromatic ring is 1. The van der Waals surface area contributed by atoms with Gasteiger partial charge in [-0.25, -0.2) is 0 Å². The molecule has 0 aliphatic carbocycles. The fraction of sp³-hybridized carbons (Fsp3) is 0.158. The van der Waals surface area contributed by atoms with Gasteiger partial charge < -0.3 is 11.1 Å². The van der Waals surface area contributed by atoms with Gasteiger partial charge in [-0.3, -0.25) is 9.79 Å². The number of nitrogens with two attached hydrogens (primary N) is 1. The second-order valence-corrected chi connectivity index (χ2v) is 6.44. The highest BCUT2D eigenvalue weighted by Crippen LogP contribution is 2.34. The fourth-order valence-electron chi connectivity index (χ4n) is 2.23. The Hall–Kier alpha value is -2.66. The third-order valence-corrected chi connectivity index (χ3v) is 4.57. The number of carbonyl (C=O) groups is 1. The van der Waals surface area contributed by atoms with Crippen LogP contribution in [0.5, 0.6) is 0 Å². The number of anilines is 1. The van der Waals surface area contributed by atoms with Crippen LogP contribution in [0.25, 0.3) is 11.1 Å². The molecule has 0 aliphatic heterocycles. The number of rotatable bonds is 6. The minimum Gasteiger partial charge on any atom is -0.390 e. The average Bonchev–Trinajstić information content (AvgIpc) is 2.95. The maximum absolute atomic E-state index is 12.6. The summed E-state index contributed by atoms with van der Waals surface area (Å²) < 4.78 is 0. The van der Waals surface area contributed by atoms with Gasteiger partial charge in [0.05, 0.1) is 10.6 Å². The Morgan fingerprint density at radius 2 is 2.12 bits per heavy atom. The van der Waals surface area contributed by atoms with E-state index in [4.69, 9.17) is 5.73 Å². The van der Waals surface area contributed by atoms with Crippen molar-refractivity contribution >= 4 is 29.0 Å². The van der Waals surface area contributed by atoms with Gasteiger partial charge >= 0.3 is 0 Å². The zero-order valence-electron chi connectivity index (χ0n) is 13.9. The lowest BCUT2D eigenvalue weighted by Crippen LogP contribution is -2.25. The average molecular weight is 339 g/mol. The van der Waals surface area contributed by atoms with Crippen molar-refractivity contribution in [2.75, 3.05) is 12.3 Å². The first-order chi connectivity index (χ1) is 11.4. The largest absolute Gasteiger partial charge is 0.390 e. The Kier molecular flexibility index (Phi) is 5.71. The SMILES string of the molecule is C=N/C=C\C(=C)CNC(=O)c1c(-c2ccc(C)c(C)c2)csc1N. The van der Waals surface area contributed by atoms with E-state index in [2.05, 4.69) is 49.6 Å². The Balaban J connectivity index is 2.24. The van der Waals surface area contributed by atoms with Gasteiger partial charge in [-0.05, 0) is 48.9 Å². The van der Waals surface area contributed by atoms with E-state index in [1.54, 1.807) is 6.08 Å². The van der Waals surface area contributed by atoms with Crippen molar-refractivity contribution in [3.63, 3.8) is 0 Å². The van der Waals surface area contributed by atoms with Gasteiger partial charge in [0.2, 0.25) is 0 Å². The molecule has 24 heavy (non-hydrogen) atoms. The Morgan fingerprint density at radius 3 is 2.79 bits per heavy atom. The summed E-state index contributed by atoms with van der Waals surface area (Å²) >= 11 is 1.37. The molecular weight excluding hydrogens is 318 g/mol. The summed E-state index contributed by atoms with van der Waals surface area (Å²) in [5.74, 6) is -0.205. The molecule has 0 spiro atoms. The van der Waals surface area contributed by atoms with E-state index in [-0.39, 0.29) is 5.91 Å². The van der Waals surface area contributed by atoms with Gasteiger partial charge in [0.15, 0.2) is 0 Å². The first-order valence-corrected chi connectivity index (χ1v) is 8.35. The highest BCUT2D eigenvalue weighted by Gasteiger charge is 2.18. The number of nitrogens with one attached hydrogen (secondary N) is 1. The lowest BCUT2D eigenvalue weighted by molar-refractivity contribution is 0.0959. The van der Waals surface area contributed by atoms with Gasteiger partial charge in [0.1, 0.15) is 0 Å². The Morgan fingerprint density at radius 1 is 1.38 bits per heavy atom. The number of hydrogen-bond donors (Lipinski definition) is 2. The summed E-state index contributed by atoms with van der Waals surface area (Å²) in [5, 5.41) is 5.28. The van der Waals surface area contributed by atoms with Crippen LogP contribution in [-0.2, 0) is 0 Å². The molecule has 1 aromatic heterocycles. The van der Waals surface area contributed by atoms with Crippen LogP contribution < -0.4 is 11.1 Å². The predicted octanol–water partition coefficient (Wildman–Crippen LogP) is 4.11. The first kappa shape index (κ1) is 17.7. The van der Waals surface area contributed by atoms with Crippen molar-refractivity contribution in [1.82, 2.24) is 5.32 Å². The normalized spacial score (nSPS) is 10.8. The van der Waals surface area contributed by atoms with E-state index < -0.39 is 0 Å². The molecule has 4 nitrogen and oxygen atoms in total. The minimum atomic E-state index is -0.205. The van der Waals surface area contributed by atoms with Crippen molar-refractivity contribution in [3.8, 4) is 11.1 Å². The molecule has 1 aromatic carbocycles. The second kappa shape index (κ2) is 7.75. The highest BCUT2D eigenvalue weighted by atomic mass is 32.1. The summed E-state index contributed by atoms with van der Waals surface area (Å²) in [6, 6.07) is 6.14. The van der Waals surface area contributed by atoms with E-state index in [1.165, 1.54) is 28.7 Å². The van der Waals surface area contributed by atoms with Crippen LogP contribution in [0.1, 0.15) is 21.5 Å². The molecule has 2 aromatic rings. The van der Waals surface area contributed by atoms with Crippen LogP contribution in [0.4, 0.5) is 5.00 Å². The van der Waals surface area contributed by atoms with Gasteiger partial charge in [0.25, 0.3) is 5.91 Å². The van der Waals surface area contributed by atoms with Gasteiger partial charge in [-0.1, -0.05) is 24.8 Å². The smallest absolute Gasteiger partial charge is 0.255 e. The first-order valence-electron chi connectivity index (χ1n) is 7.47. The topological polar surface area (TPSA) is 67.5 Å². The quantitative estimate of drug-likeness (QED) is 0.614. The summed E-state index contributed by atoms with van der Waals surface area (Å²) in [6.45, 7) is 11.7. The van der Waals surface area contributed by atoms with Crippen molar-refractivity contribution in [2.24, 2.45) is 4.99 Å². The summed E-state index contributed by atoms with van der Waals surface area (Å²) in [5.41, 5.74) is 11.5. The van der Waals surface area contributed by atoms with Crippen LogP contribution in [0, 0.1) is 13.8 Å². The van der Waals surface area contributed by atoms with Crippen LogP contribution >= 0.6 is 11.3 Å². The lowest BCUT2D eigenvalue weighted by atomic mass is 9.99. The molecule has 0 saturated heterocycles. The van der Waals surface area contributed by atoms with E-state index in [9.17, 15) is 4.79 Å². The molecule has 0 aliphatic rings. The minimum absolute atomic E-state index is 0.205. The maximum atomic E-state index is 12.6. The monoisotopic (exact) mass is 339 g/mol. The Bertz CT molecular complexity index is 818. The van der Waals surface area contributed by atoms with Gasteiger partial charge in [0, 0.05) is 23.7 Å². The predicted molar refractivity (Wildman–Crippen MR) is 104 cm³/mol. The molecule has 5 heteroatoms. The van der Waals surface area contributed by atoms with Gasteiger partial charge in [-0.15, -0.1) is 11.3 Å². The molecular formula is C19H21N3OS. The number of hydrogen-bond acceptors (Lipinski definition) is 4. The number of carbonyl (C=O) groups excluding carboxylic acids is 1. The zero-order valence-corrected chi connectivity index (χ0v) is 14.7. The molecule has 1 heterocycles. The highest BCUT2D eigenvalue weighted by molar-refractivity contribution is 7.15. The molecule has 0 fully saturated rings. The summed E-state index contributed by atoms with van der Waals surface area (Å²) in [4.78, 5) is 16.2. The molecule has 0 bridgehead atoms. The van der Waals surface area contributed by atoms with E-state index >= 15 is 0 Å². The second-order valence-electron chi connectivity index (χ2n) is 5.53. The molecule has 124 valence electrons. The van der Waals surface area contributed by atoms with Crippen molar-refractivity contribution in [1.29, 1.82) is 0 Å². The van der Waals surface area contributed by atoms with Crippen molar-refractivity contribution < 1.29 is 4.79 Å². The zero-order chi connectivity index (χ0) is 17.7. The molecule has 1 amide bonds. The molecule has 0 saturated carbocycles. The standard InChI is InChI=1S/C19H21N3OS/c1-12(7-8-21-4)10-22-19(23)17-16(11-24-18(17)20)15-6-5-13(2)14(3)9-15/h5-9,11H,1,4,10,20H2,2-3H3,(H,22,23)/b8-7-.